The van der Waals surface area contributed by atoms with Crippen LogP contribution in [0.1, 0.15) is 11.1 Å². The summed E-state index contributed by atoms with van der Waals surface area (Å²) in [6.07, 6.45) is -2.99. The van der Waals surface area contributed by atoms with E-state index in [1.165, 1.54) is 22.9 Å². The van der Waals surface area contributed by atoms with Crippen LogP contribution in [0.15, 0.2) is 66.9 Å². The second-order valence-electron chi connectivity index (χ2n) is 6.77. The van der Waals surface area contributed by atoms with Crippen molar-refractivity contribution >= 4 is 28.8 Å². The molecule has 32 heavy (non-hydrogen) atoms. The van der Waals surface area contributed by atoms with Gasteiger partial charge in [0.1, 0.15) is 11.2 Å². The minimum absolute atomic E-state index is 0.0306. The Morgan fingerprint density at radius 2 is 1.78 bits per heavy atom. The van der Waals surface area contributed by atoms with Crippen LogP contribution in [0, 0.1) is 11.3 Å². The summed E-state index contributed by atoms with van der Waals surface area (Å²) in [6, 6.07) is 16.7. The molecule has 0 atom stereocenters. The van der Waals surface area contributed by atoms with E-state index in [2.05, 4.69) is 15.4 Å². The number of rotatable bonds is 4. The van der Waals surface area contributed by atoms with Gasteiger partial charge in [0.25, 0.3) is 0 Å². The number of nitrogen functional groups attached to an aromatic ring is 1. The fourth-order valence-corrected chi connectivity index (χ4v) is 3.26. The van der Waals surface area contributed by atoms with Crippen molar-refractivity contribution in [2.45, 2.75) is 6.18 Å². The first kappa shape index (κ1) is 21.2. The quantitative estimate of drug-likeness (QED) is 0.300. The molecule has 0 radical (unpaired) electrons. The Morgan fingerprint density at radius 1 is 1.03 bits per heavy atom. The maximum atomic E-state index is 13.7. The fraction of sp³-hybridized carbons (Fsp3) is 0.0455. The fourth-order valence-electron chi connectivity index (χ4n) is 3.07. The zero-order valence-electron chi connectivity index (χ0n) is 16.2. The Morgan fingerprint density at radius 3 is 2.44 bits per heavy atom. The van der Waals surface area contributed by atoms with Crippen molar-refractivity contribution in [1.82, 2.24) is 14.8 Å². The van der Waals surface area contributed by atoms with Crippen molar-refractivity contribution in [3.05, 3.63) is 83.1 Å². The second kappa shape index (κ2) is 8.24. The van der Waals surface area contributed by atoms with Crippen LogP contribution in [0.3, 0.4) is 0 Å². The third kappa shape index (κ3) is 4.36. The molecule has 4 aromatic rings. The number of hydrogen-bond acceptors (Lipinski definition) is 5. The first-order valence-corrected chi connectivity index (χ1v) is 9.59. The summed E-state index contributed by atoms with van der Waals surface area (Å²) in [5, 5.41) is 16.1. The number of benzene rings is 2. The van der Waals surface area contributed by atoms with Gasteiger partial charge in [0.05, 0.1) is 11.1 Å². The molecule has 0 saturated heterocycles. The minimum atomic E-state index is -4.56. The average molecular weight is 455 g/mol. The van der Waals surface area contributed by atoms with Crippen LogP contribution < -0.4 is 11.1 Å². The predicted octanol–water partition coefficient (Wildman–Crippen LogP) is 5.80. The molecular weight excluding hydrogens is 441 g/mol. The number of hydrogen-bond donors (Lipinski definition) is 2. The number of nitrogens with two attached hydrogens (primary N) is 1. The van der Waals surface area contributed by atoms with Gasteiger partial charge in [-0.05, 0) is 47.5 Å². The van der Waals surface area contributed by atoms with Gasteiger partial charge in [0.15, 0.2) is 11.6 Å². The first-order valence-electron chi connectivity index (χ1n) is 9.21. The maximum Gasteiger partial charge on any atom is 0.417 e. The van der Waals surface area contributed by atoms with E-state index < -0.39 is 11.7 Å². The van der Waals surface area contributed by atoms with E-state index in [1.54, 1.807) is 42.6 Å². The van der Waals surface area contributed by atoms with Crippen molar-refractivity contribution in [3.63, 3.8) is 0 Å². The molecule has 10 heteroatoms. The van der Waals surface area contributed by atoms with Gasteiger partial charge < -0.3 is 11.1 Å². The Hall–Kier alpha value is -4.03. The lowest BCUT2D eigenvalue weighted by Gasteiger charge is -2.15. The largest absolute Gasteiger partial charge is 0.417 e. The van der Waals surface area contributed by atoms with Gasteiger partial charge in [0.2, 0.25) is 0 Å². The van der Waals surface area contributed by atoms with E-state index in [0.29, 0.717) is 22.9 Å². The molecule has 0 aliphatic carbocycles. The van der Waals surface area contributed by atoms with Gasteiger partial charge in [-0.25, -0.2) is 9.67 Å². The highest BCUT2D eigenvalue weighted by molar-refractivity contribution is 6.30. The van der Waals surface area contributed by atoms with Gasteiger partial charge in [-0.3, -0.25) is 0 Å². The predicted molar refractivity (Wildman–Crippen MR) is 116 cm³/mol. The number of aromatic nitrogens is 3. The Labute approximate surface area is 185 Å². The van der Waals surface area contributed by atoms with E-state index in [9.17, 15) is 13.2 Å². The molecule has 2 aromatic carbocycles. The van der Waals surface area contributed by atoms with Gasteiger partial charge in [-0.2, -0.15) is 18.4 Å². The smallest absolute Gasteiger partial charge is 0.399 e. The number of halogens is 4. The average Bonchev–Trinajstić information content (AvgIpc) is 3.22. The SMILES string of the molecule is N#Cc1ccc(-n2ccc(Nc3ccc(-c4ccc(N)cc4)c(C(F)(F)F)c3)n2)nc1Cl. The zero-order valence-corrected chi connectivity index (χ0v) is 17.0. The third-order valence-corrected chi connectivity index (χ3v) is 4.89. The van der Waals surface area contributed by atoms with Gasteiger partial charge in [-0.15, -0.1) is 5.10 Å². The number of nitrogens with one attached hydrogen (secondary N) is 1. The monoisotopic (exact) mass is 454 g/mol. The lowest BCUT2D eigenvalue weighted by molar-refractivity contribution is -0.137. The van der Waals surface area contributed by atoms with Crippen LogP contribution in [0.2, 0.25) is 5.15 Å². The summed E-state index contributed by atoms with van der Waals surface area (Å²) >= 11 is 5.95. The summed E-state index contributed by atoms with van der Waals surface area (Å²) in [4.78, 5) is 4.09. The van der Waals surface area contributed by atoms with Gasteiger partial charge in [0, 0.05) is 23.6 Å². The van der Waals surface area contributed by atoms with Crippen LogP contribution >= 0.6 is 11.6 Å². The minimum Gasteiger partial charge on any atom is -0.399 e. The van der Waals surface area contributed by atoms with Gasteiger partial charge >= 0.3 is 6.18 Å². The molecule has 0 amide bonds. The third-order valence-electron chi connectivity index (χ3n) is 4.60. The molecule has 0 spiro atoms. The van der Waals surface area contributed by atoms with E-state index in [0.717, 1.165) is 6.07 Å². The van der Waals surface area contributed by atoms with Crippen LogP contribution in [0.25, 0.3) is 16.9 Å². The molecule has 2 aromatic heterocycles. The summed E-state index contributed by atoms with van der Waals surface area (Å²) in [6.45, 7) is 0. The second-order valence-corrected chi connectivity index (χ2v) is 7.13. The molecule has 160 valence electrons. The summed E-state index contributed by atoms with van der Waals surface area (Å²) in [7, 11) is 0. The lowest BCUT2D eigenvalue weighted by Crippen LogP contribution is -2.08. The summed E-state index contributed by atoms with van der Waals surface area (Å²) < 4.78 is 42.6. The molecule has 0 unspecified atom stereocenters. The lowest BCUT2D eigenvalue weighted by atomic mass is 9.98. The van der Waals surface area contributed by atoms with Crippen molar-refractivity contribution in [1.29, 1.82) is 5.26 Å². The number of nitriles is 1. The Kier molecular flexibility index (Phi) is 5.47. The first-order chi connectivity index (χ1) is 15.2. The Balaban J connectivity index is 1.63. The molecule has 2 heterocycles. The highest BCUT2D eigenvalue weighted by atomic mass is 35.5. The van der Waals surface area contributed by atoms with E-state index in [1.807, 2.05) is 6.07 Å². The van der Waals surface area contributed by atoms with E-state index in [-0.39, 0.29) is 22.0 Å². The molecule has 6 nitrogen and oxygen atoms in total. The van der Waals surface area contributed by atoms with Crippen LogP contribution in [0.4, 0.5) is 30.4 Å². The normalized spacial score (nSPS) is 11.2. The number of pyridine rings is 1. The zero-order chi connectivity index (χ0) is 22.9. The molecule has 0 bridgehead atoms. The Bertz CT molecular complexity index is 1320. The highest BCUT2D eigenvalue weighted by Gasteiger charge is 2.34. The van der Waals surface area contributed by atoms with Crippen molar-refractivity contribution in [2.75, 3.05) is 11.1 Å². The van der Waals surface area contributed by atoms with E-state index in [4.69, 9.17) is 22.6 Å². The summed E-state index contributed by atoms with van der Waals surface area (Å²) in [5.74, 6) is 0.664. The molecule has 0 aliphatic rings. The molecule has 0 fully saturated rings. The van der Waals surface area contributed by atoms with Crippen LogP contribution in [-0.4, -0.2) is 14.8 Å². The topological polar surface area (TPSA) is 92.5 Å². The summed E-state index contributed by atoms with van der Waals surface area (Å²) in [5.41, 5.74) is 6.21. The number of nitrogens with zero attached hydrogens (tertiary/aromatic N) is 4. The van der Waals surface area contributed by atoms with Gasteiger partial charge in [-0.1, -0.05) is 29.8 Å². The highest BCUT2D eigenvalue weighted by Crippen LogP contribution is 2.39. The maximum absolute atomic E-state index is 13.7. The molecular formula is C22H14ClF3N6. The molecule has 0 saturated carbocycles. The van der Waals surface area contributed by atoms with E-state index >= 15 is 0 Å². The molecule has 0 aliphatic heterocycles. The number of alkyl halides is 3. The molecule has 4 rings (SSSR count). The molecule has 3 N–H and O–H groups in total. The van der Waals surface area contributed by atoms with Crippen LogP contribution in [0.5, 0.6) is 0 Å². The standard InChI is InChI=1S/C22H14ClF3N6/c23-21-14(12-27)3-8-20(30-21)32-10-9-19(31-32)29-16-6-7-17(18(11-16)22(24,25)26)13-1-4-15(28)5-2-13/h1-11H,28H2,(H,29,31). The number of anilines is 3. The van der Waals surface area contributed by atoms with Crippen molar-refractivity contribution in [3.8, 4) is 23.0 Å². The van der Waals surface area contributed by atoms with Crippen molar-refractivity contribution in [2.24, 2.45) is 0 Å². The van der Waals surface area contributed by atoms with Crippen LogP contribution in [-0.2, 0) is 6.18 Å². The van der Waals surface area contributed by atoms with Crippen molar-refractivity contribution < 1.29 is 13.2 Å².